The van der Waals surface area contributed by atoms with Gasteiger partial charge in [-0.05, 0) is 12.8 Å². The van der Waals surface area contributed by atoms with E-state index in [1.165, 1.54) is 4.90 Å². The van der Waals surface area contributed by atoms with Gasteiger partial charge in [-0.15, -0.1) is 0 Å². The van der Waals surface area contributed by atoms with E-state index in [2.05, 4.69) is 10.6 Å². The fourth-order valence-electron chi connectivity index (χ4n) is 2.84. The van der Waals surface area contributed by atoms with Crippen LogP contribution >= 0.6 is 0 Å². The predicted molar refractivity (Wildman–Crippen MR) is 69.2 cm³/mol. The van der Waals surface area contributed by atoms with Crippen molar-refractivity contribution in [2.24, 2.45) is 0 Å². The molecule has 1 atom stereocenters. The molecule has 1 saturated heterocycles. The van der Waals surface area contributed by atoms with Gasteiger partial charge in [-0.2, -0.15) is 0 Å². The van der Waals surface area contributed by atoms with Gasteiger partial charge in [-0.1, -0.05) is 12.8 Å². The summed E-state index contributed by atoms with van der Waals surface area (Å²) in [5.41, 5.74) is 0. The van der Waals surface area contributed by atoms with Gasteiger partial charge in [0.05, 0.1) is 12.5 Å². The Morgan fingerprint density at radius 2 is 2.00 bits per heavy atom. The molecule has 0 aromatic rings. The average Bonchev–Trinajstić information content (AvgIpc) is 2.98. The molecule has 1 aliphatic carbocycles. The van der Waals surface area contributed by atoms with Crippen LogP contribution in [0.25, 0.3) is 0 Å². The van der Waals surface area contributed by atoms with Crippen molar-refractivity contribution in [2.45, 2.75) is 50.6 Å². The Kier molecular flexibility index (Phi) is 4.52. The van der Waals surface area contributed by atoms with Crippen LogP contribution in [0.5, 0.6) is 0 Å². The highest BCUT2D eigenvalue weighted by molar-refractivity contribution is 6.05. The molecule has 2 N–H and O–H groups in total. The van der Waals surface area contributed by atoms with Crippen LogP contribution in [0.15, 0.2) is 0 Å². The number of hydrogen-bond donors (Lipinski definition) is 2. The fraction of sp³-hybridized carbons (Fsp3) is 0.769. The molecule has 3 amide bonds. The minimum absolute atomic E-state index is 0.0723. The topological polar surface area (TPSA) is 78.5 Å². The van der Waals surface area contributed by atoms with Crippen molar-refractivity contribution in [1.29, 1.82) is 0 Å². The molecule has 0 bridgehead atoms. The summed E-state index contributed by atoms with van der Waals surface area (Å²) in [5, 5.41) is 5.53. The van der Waals surface area contributed by atoms with E-state index in [-0.39, 0.29) is 30.2 Å². The minimum Gasteiger partial charge on any atom is -0.359 e. The predicted octanol–water partition coefficient (Wildman–Crippen LogP) is -0.218. The summed E-state index contributed by atoms with van der Waals surface area (Å²) in [6.07, 6.45) is 4.60. The van der Waals surface area contributed by atoms with Gasteiger partial charge in [0.15, 0.2) is 0 Å². The summed E-state index contributed by atoms with van der Waals surface area (Å²) in [6, 6.07) is -0.344. The van der Waals surface area contributed by atoms with Crippen molar-refractivity contribution < 1.29 is 14.4 Å². The lowest BCUT2D eigenvalue weighted by molar-refractivity contribution is -0.141. The van der Waals surface area contributed by atoms with E-state index in [0.717, 1.165) is 25.7 Å². The summed E-state index contributed by atoms with van der Waals surface area (Å²) in [7, 11) is 1.58. The Bertz CT molecular complexity index is 377. The minimum atomic E-state index is -0.447. The Balaban J connectivity index is 1.85. The van der Waals surface area contributed by atoms with Crippen molar-refractivity contribution in [2.75, 3.05) is 13.6 Å². The second-order valence-corrected chi connectivity index (χ2v) is 5.17. The highest BCUT2D eigenvalue weighted by atomic mass is 16.2. The first kappa shape index (κ1) is 14.0. The monoisotopic (exact) mass is 267 g/mol. The second kappa shape index (κ2) is 6.14. The summed E-state index contributed by atoms with van der Waals surface area (Å²) < 4.78 is 0. The van der Waals surface area contributed by atoms with Crippen molar-refractivity contribution in [1.82, 2.24) is 15.5 Å². The third kappa shape index (κ3) is 3.12. The van der Waals surface area contributed by atoms with Crippen LogP contribution in [0.4, 0.5) is 0 Å². The number of rotatable bonds is 5. The van der Waals surface area contributed by atoms with Crippen LogP contribution < -0.4 is 10.6 Å². The molecule has 6 nitrogen and oxygen atoms in total. The highest BCUT2D eigenvalue weighted by Crippen LogP contribution is 2.28. The molecule has 0 radical (unpaired) electrons. The van der Waals surface area contributed by atoms with E-state index in [1.807, 2.05) is 0 Å². The molecule has 6 heteroatoms. The van der Waals surface area contributed by atoms with Crippen LogP contribution in [0.3, 0.4) is 0 Å². The van der Waals surface area contributed by atoms with Crippen LogP contribution in [0.2, 0.25) is 0 Å². The lowest BCUT2D eigenvalue weighted by Crippen LogP contribution is -2.43. The first-order valence-corrected chi connectivity index (χ1v) is 6.93. The van der Waals surface area contributed by atoms with Crippen molar-refractivity contribution in [3.63, 3.8) is 0 Å². The van der Waals surface area contributed by atoms with Crippen LogP contribution in [-0.2, 0) is 14.4 Å². The quantitative estimate of drug-likeness (QED) is 0.675. The van der Waals surface area contributed by atoms with Gasteiger partial charge in [-0.3, -0.25) is 19.3 Å². The standard InChI is InChI=1S/C13H21N3O3/c1-14-11(17)6-7-15-10-8-12(18)16(13(10)19)9-4-2-3-5-9/h9-10,15H,2-8H2,1H3,(H,14,17). The van der Waals surface area contributed by atoms with Gasteiger partial charge < -0.3 is 10.6 Å². The Morgan fingerprint density at radius 3 is 2.63 bits per heavy atom. The van der Waals surface area contributed by atoms with E-state index in [1.54, 1.807) is 7.05 Å². The molecule has 2 aliphatic rings. The molecular formula is C13H21N3O3. The van der Waals surface area contributed by atoms with Crippen LogP contribution in [-0.4, -0.2) is 48.3 Å². The number of nitrogens with zero attached hydrogens (tertiary/aromatic N) is 1. The molecule has 0 spiro atoms. The zero-order valence-corrected chi connectivity index (χ0v) is 11.3. The summed E-state index contributed by atoms with van der Waals surface area (Å²) in [4.78, 5) is 36.7. The van der Waals surface area contributed by atoms with Gasteiger partial charge in [0.2, 0.25) is 17.7 Å². The van der Waals surface area contributed by atoms with Crippen LogP contribution in [0, 0.1) is 0 Å². The molecule has 2 fully saturated rings. The maximum atomic E-state index is 12.2. The molecule has 1 saturated carbocycles. The number of amides is 3. The number of nitrogens with one attached hydrogen (secondary N) is 2. The number of carbonyl (C=O) groups excluding carboxylic acids is 3. The fourth-order valence-corrected chi connectivity index (χ4v) is 2.84. The van der Waals surface area contributed by atoms with E-state index in [9.17, 15) is 14.4 Å². The average molecular weight is 267 g/mol. The van der Waals surface area contributed by atoms with Crippen molar-refractivity contribution in [3.8, 4) is 0 Å². The third-order valence-electron chi connectivity index (χ3n) is 3.89. The van der Waals surface area contributed by atoms with Crippen molar-refractivity contribution >= 4 is 17.7 Å². The molecule has 0 aromatic heterocycles. The van der Waals surface area contributed by atoms with Gasteiger partial charge in [0.25, 0.3) is 0 Å². The Morgan fingerprint density at radius 1 is 1.32 bits per heavy atom. The van der Waals surface area contributed by atoms with E-state index in [4.69, 9.17) is 0 Å². The summed E-state index contributed by atoms with van der Waals surface area (Å²) >= 11 is 0. The molecule has 106 valence electrons. The molecular weight excluding hydrogens is 246 g/mol. The van der Waals surface area contributed by atoms with Crippen LogP contribution in [0.1, 0.15) is 38.5 Å². The van der Waals surface area contributed by atoms with Gasteiger partial charge in [0, 0.05) is 26.1 Å². The van der Waals surface area contributed by atoms with Gasteiger partial charge >= 0.3 is 0 Å². The van der Waals surface area contributed by atoms with E-state index in [0.29, 0.717) is 13.0 Å². The maximum Gasteiger partial charge on any atom is 0.247 e. The van der Waals surface area contributed by atoms with Crippen molar-refractivity contribution in [3.05, 3.63) is 0 Å². The van der Waals surface area contributed by atoms with Gasteiger partial charge in [0.1, 0.15) is 0 Å². The normalized spacial score (nSPS) is 24.3. The molecule has 1 aliphatic heterocycles. The lowest BCUT2D eigenvalue weighted by atomic mass is 10.2. The first-order chi connectivity index (χ1) is 9.13. The maximum absolute atomic E-state index is 12.2. The molecule has 1 heterocycles. The highest BCUT2D eigenvalue weighted by Gasteiger charge is 2.42. The first-order valence-electron chi connectivity index (χ1n) is 6.93. The zero-order chi connectivity index (χ0) is 13.8. The second-order valence-electron chi connectivity index (χ2n) is 5.17. The zero-order valence-electron chi connectivity index (χ0n) is 11.3. The lowest BCUT2D eigenvalue weighted by Gasteiger charge is -2.22. The largest absolute Gasteiger partial charge is 0.359 e. The molecule has 19 heavy (non-hydrogen) atoms. The third-order valence-corrected chi connectivity index (χ3v) is 3.89. The summed E-state index contributed by atoms with van der Waals surface area (Å²) in [6.45, 7) is 0.419. The Labute approximate surface area is 112 Å². The van der Waals surface area contributed by atoms with E-state index >= 15 is 0 Å². The van der Waals surface area contributed by atoms with E-state index < -0.39 is 6.04 Å². The number of imide groups is 1. The number of carbonyl (C=O) groups is 3. The molecule has 2 rings (SSSR count). The Hall–Kier alpha value is -1.43. The number of likely N-dealkylation sites (tertiary alicyclic amines) is 1. The number of hydrogen-bond acceptors (Lipinski definition) is 4. The van der Waals surface area contributed by atoms with Gasteiger partial charge in [-0.25, -0.2) is 0 Å². The molecule has 1 unspecified atom stereocenters. The smallest absolute Gasteiger partial charge is 0.247 e. The SMILES string of the molecule is CNC(=O)CCNC1CC(=O)N(C2CCCC2)C1=O. The summed E-state index contributed by atoms with van der Waals surface area (Å²) in [5.74, 6) is -0.264. The molecule has 0 aromatic carbocycles.